The number of hydrogen-bond donors (Lipinski definition) is 1. The van der Waals surface area contributed by atoms with Crippen LogP contribution < -0.4 is 5.14 Å². The van der Waals surface area contributed by atoms with E-state index in [0.717, 1.165) is 0 Å². The van der Waals surface area contributed by atoms with E-state index in [9.17, 15) is 8.60 Å². The van der Waals surface area contributed by atoms with Gasteiger partial charge in [-0.1, -0.05) is 12.2 Å². The van der Waals surface area contributed by atoms with E-state index in [4.69, 9.17) is 5.14 Å². The molecule has 0 aromatic rings. The summed E-state index contributed by atoms with van der Waals surface area (Å²) in [5, 5.41) is 5.06. The zero-order chi connectivity index (χ0) is 8.27. The zero-order valence-corrected chi connectivity index (χ0v) is 6.60. The summed E-state index contributed by atoms with van der Waals surface area (Å²) in [6.45, 7) is 0. The van der Waals surface area contributed by atoms with Crippen LogP contribution in [0.2, 0.25) is 0 Å². The van der Waals surface area contributed by atoms with Crippen molar-refractivity contribution >= 4 is 11.0 Å². The van der Waals surface area contributed by atoms with Crippen molar-refractivity contribution in [3.8, 4) is 0 Å². The van der Waals surface area contributed by atoms with E-state index in [1.165, 1.54) is 6.08 Å². The van der Waals surface area contributed by atoms with Crippen LogP contribution in [0.4, 0.5) is 4.39 Å². The molecule has 0 saturated heterocycles. The molecule has 0 heterocycles. The van der Waals surface area contributed by atoms with Gasteiger partial charge >= 0.3 is 0 Å². The molecule has 0 radical (unpaired) electrons. The minimum absolute atomic E-state index is 0.247. The summed E-state index contributed by atoms with van der Waals surface area (Å²) < 4.78 is 23.3. The van der Waals surface area contributed by atoms with Crippen molar-refractivity contribution in [3.63, 3.8) is 0 Å². The quantitative estimate of drug-likeness (QED) is 0.638. The normalized spacial score (nSPS) is 20.2. The molecule has 60 valence electrons. The predicted molar refractivity (Wildman–Crippen MR) is 43.4 cm³/mol. The molecule has 1 unspecified atom stereocenters. The fourth-order valence-electron chi connectivity index (χ4n) is 0.730. The van der Waals surface area contributed by atoms with Gasteiger partial charge in [0.05, 0.1) is 4.91 Å². The molecule has 1 aliphatic rings. The summed E-state index contributed by atoms with van der Waals surface area (Å²) in [5.41, 5.74) is 0. The number of rotatable bonds is 1. The van der Waals surface area contributed by atoms with Crippen LogP contribution in [0.1, 0.15) is 6.42 Å². The Morgan fingerprint density at radius 1 is 1.64 bits per heavy atom. The summed E-state index contributed by atoms with van der Waals surface area (Å²) in [6.07, 6.45) is 6.28. The smallest absolute Gasteiger partial charge is 0.122 e. The Bertz CT molecular complexity index is 268. The standard InChI is InChI=1S/C7H8FNOS/c8-6-3-1-2-4-7(5-6)11(9)10/h1-2,4-5H,3,9H2. The third-order valence-electron chi connectivity index (χ3n) is 1.24. The van der Waals surface area contributed by atoms with Crippen LogP contribution in [-0.4, -0.2) is 4.21 Å². The highest BCUT2D eigenvalue weighted by molar-refractivity contribution is 7.86. The minimum Gasteiger partial charge on any atom is -0.248 e. The maximum absolute atomic E-state index is 12.6. The fraction of sp³-hybridized carbons (Fsp3) is 0.143. The Morgan fingerprint density at radius 3 is 3.00 bits per heavy atom. The molecule has 0 aromatic carbocycles. The van der Waals surface area contributed by atoms with Crippen LogP contribution in [-0.2, 0) is 11.0 Å². The molecular weight excluding hydrogens is 165 g/mol. The van der Waals surface area contributed by atoms with Gasteiger partial charge < -0.3 is 0 Å². The van der Waals surface area contributed by atoms with E-state index in [1.807, 2.05) is 0 Å². The second-order valence-corrected chi connectivity index (χ2v) is 3.16. The van der Waals surface area contributed by atoms with Crippen molar-refractivity contribution in [2.24, 2.45) is 5.14 Å². The summed E-state index contributed by atoms with van der Waals surface area (Å²) in [7, 11) is -1.59. The van der Waals surface area contributed by atoms with Crippen molar-refractivity contribution in [2.75, 3.05) is 0 Å². The van der Waals surface area contributed by atoms with E-state index >= 15 is 0 Å². The molecule has 2 nitrogen and oxygen atoms in total. The van der Waals surface area contributed by atoms with Crippen LogP contribution in [0.5, 0.6) is 0 Å². The third-order valence-corrected chi connectivity index (χ3v) is 1.96. The topological polar surface area (TPSA) is 43.1 Å². The minimum atomic E-state index is -1.59. The van der Waals surface area contributed by atoms with E-state index < -0.39 is 11.0 Å². The molecule has 2 N–H and O–H groups in total. The molecule has 0 amide bonds. The monoisotopic (exact) mass is 173 g/mol. The first kappa shape index (κ1) is 8.36. The lowest BCUT2D eigenvalue weighted by Crippen LogP contribution is -2.03. The Kier molecular flexibility index (Phi) is 2.73. The van der Waals surface area contributed by atoms with Gasteiger partial charge in [0.1, 0.15) is 16.8 Å². The highest BCUT2D eigenvalue weighted by Gasteiger charge is 2.02. The average molecular weight is 173 g/mol. The Morgan fingerprint density at radius 2 is 2.36 bits per heavy atom. The first-order chi connectivity index (χ1) is 5.20. The molecule has 0 bridgehead atoms. The van der Waals surface area contributed by atoms with Gasteiger partial charge in [0.15, 0.2) is 0 Å². The molecule has 4 heteroatoms. The van der Waals surface area contributed by atoms with Gasteiger partial charge in [-0.05, 0) is 12.2 Å². The fourth-order valence-corrected chi connectivity index (χ4v) is 1.19. The molecule has 0 fully saturated rings. The van der Waals surface area contributed by atoms with Crippen molar-refractivity contribution in [3.05, 3.63) is 35.0 Å². The van der Waals surface area contributed by atoms with Crippen molar-refractivity contribution in [1.82, 2.24) is 0 Å². The lowest BCUT2D eigenvalue weighted by molar-refractivity contribution is 0.618. The number of hydrogen-bond acceptors (Lipinski definition) is 1. The van der Waals surface area contributed by atoms with Crippen LogP contribution in [0.3, 0.4) is 0 Å². The van der Waals surface area contributed by atoms with Gasteiger partial charge in [-0.25, -0.2) is 13.7 Å². The summed E-state index contributed by atoms with van der Waals surface area (Å²) >= 11 is 0. The molecule has 0 saturated carbocycles. The SMILES string of the molecule is NS(=O)C1=CC=CCC(F)=C1. The van der Waals surface area contributed by atoms with Gasteiger partial charge in [-0.2, -0.15) is 0 Å². The number of allylic oxidation sites excluding steroid dienone is 5. The maximum atomic E-state index is 12.6. The molecule has 1 aliphatic carbocycles. The summed E-state index contributed by atoms with van der Waals surface area (Å²) in [5.74, 6) is -0.316. The van der Waals surface area contributed by atoms with E-state index in [1.54, 1.807) is 18.2 Å². The highest BCUT2D eigenvalue weighted by atomic mass is 32.2. The van der Waals surface area contributed by atoms with Crippen LogP contribution in [0.15, 0.2) is 35.0 Å². The van der Waals surface area contributed by atoms with Gasteiger partial charge in [-0.15, -0.1) is 0 Å². The maximum Gasteiger partial charge on any atom is 0.122 e. The van der Waals surface area contributed by atoms with Crippen LogP contribution in [0, 0.1) is 0 Å². The van der Waals surface area contributed by atoms with Gasteiger partial charge in [0.2, 0.25) is 0 Å². The zero-order valence-electron chi connectivity index (χ0n) is 5.79. The lowest BCUT2D eigenvalue weighted by Gasteiger charge is -1.92. The first-order valence-corrected chi connectivity index (χ1v) is 4.30. The van der Waals surface area contributed by atoms with Crippen molar-refractivity contribution in [2.45, 2.75) is 6.42 Å². The summed E-state index contributed by atoms with van der Waals surface area (Å²) in [6, 6.07) is 0. The Labute approximate surface area is 66.9 Å². The molecule has 0 aliphatic heterocycles. The van der Waals surface area contributed by atoms with Crippen molar-refractivity contribution < 1.29 is 8.60 Å². The van der Waals surface area contributed by atoms with Crippen LogP contribution in [0.25, 0.3) is 0 Å². The van der Waals surface area contributed by atoms with Gasteiger partial charge in [0, 0.05) is 6.42 Å². The Hall–Kier alpha value is -0.740. The summed E-state index contributed by atoms with van der Waals surface area (Å²) in [4.78, 5) is 0.316. The van der Waals surface area contributed by atoms with Gasteiger partial charge in [0.25, 0.3) is 0 Å². The molecule has 0 aromatic heterocycles. The van der Waals surface area contributed by atoms with E-state index in [-0.39, 0.29) is 12.2 Å². The van der Waals surface area contributed by atoms with Gasteiger partial charge in [-0.3, -0.25) is 0 Å². The van der Waals surface area contributed by atoms with E-state index in [0.29, 0.717) is 4.91 Å². The first-order valence-electron chi connectivity index (χ1n) is 3.09. The molecule has 11 heavy (non-hydrogen) atoms. The largest absolute Gasteiger partial charge is 0.248 e. The van der Waals surface area contributed by atoms with E-state index in [2.05, 4.69) is 0 Å². The molecular formula is C7H8FNOS. The lowest BCUT2D eigenvalue weighted by atomic mass is 10.3. The number of halogens is 1. The molecule has 0 spiro atoms. The highest BCUT2D eigenvalue weighted by Crippen LogP contribution is 2.13. The Balaban J connectivity index is 2.93. The second kappa shape index (κ2) is 3.59. The molecule has 1 atom stereocenters. The number of nitrogens with two attached hydrogens (primary N) is 1. The third kappa shape index (κ3) is 2.40. The van der Waals surface area contributed by atoms with Crippen molar-refractivity contribution in [1.29, 1.82) is 0 Å². The molecule has 1 rings (SSSR count). The predicted octanol–water partition coefficient (Wildman–Crippen LogP) is 1.31. The second-order valence-electron chi connectivity index (χ2n) is 2.09. The van der Waals surface area contributed by atoms with Crippen LogP contribution >= 0.6 is 0 Å². The average Bonchev–Trinajstić information content (AvgIpc) is 2.13.